The van der Waals surface area contributed by atoms with Crippen molar-refractivity contribution in [3.63, 3.8) is 0 Å². The summed E-state index contributed by atoms with van der Waals surface area (Å²) in [5, 5.41) is 2.73. The number of ketones is 2. The Labute approximate surface area is 122 Å². The maximum Gasteiger partial charge on any atom is 0.217 e. The molecule has 0 saturated heterocycles. The third-order valence-corrected chi connectivity index (χ3v) is 3.35. The lowest BCUT2D eigenvalue weighted by atomic mass is 9.98. The van der Waals surface area contributed by atoms with Crippen molar-refractivity contribution in [1.29, 1.82) is 0 Å². The van der Waals surface area contributed by atoms with Gasteiger partial charge in [-0.1, -0.05) is 40.0 Å². The van der Waals surface area contributed by atoms with Gasteiger partial charge in [-0.05, 0) is 12.8 Å². The second kappa shape index (κ2) is 10.6. The number of carbonyl (C=O) groups is 3. The molecule has 0 rings (SSSR count). The van der Waals surface area contributed by atoms with Gasteiger partial charge in [-0.2, -0.15) is 0 Å². The lowest BCUT2D eigenvalue weighted by Crippen LogP contribution is -2.39. The Kier molecular flexibility index (Phi) is 9.95. The van der Waals surface area contributed by atoms with Crippen molar-refractivity contribution in [2.45, 2.75) is 78.7 Å². The third kappa shape index (κ3) is 8.83. The van der Waals surface area contributed by atoms with Gasteiger partial charge in [0.05, 0.1) is 6.04 Å². The van der Waals surface area contributed by atoms with Gasteiger partial charge in [-0.15, -0.1) is 0 Å². The molecule has 0 heterocycles. The summed E-state index contributed by atoms with van der Waals surface area (Å²) in [6, 6.07) is -0.381. The number of carbonyl (C=O) groups excluding carboxylic acids is 3. The fraction of sp³-hybridized carbons (Fsp3) is 0.812. The summed E-state index contributed by atoms with van der Waals surface area (Å²) in [4.78, 5) is 34.7. The molecule has 0 bridgehead atoms. The molecule has 4 heteroatoms. The summed E-state index contributed by atoms with van der Waals surface area (Å²) >= 11 is 0. The minimum atomic E-state index is -0.381. The monoisotopic (exact) mass is 283 g/mol. The van der Waals surface area contributed by atoms with Crippen LogP contribution in [0.1, 0.15) is 72.6 Å². The van der Waals surface area contributed by atoms with Crippen molar-refractivity contribution in [3.8, 4) is 0 Å². The summed E-state index contributed by atoms with van der Waals surface area (Å²) in [5.74, 6) is 0.103. The Bertz CT molecular complexity index is 324. The van der Waals surface area contributed by atoms with E-state index in [1.165, 1.54) is 6.92 Å². The van der Waals surface area contributed by atoms with Crippen LogP contribution in [0.3, 0.4) is 0 Å². The average Bonchev–Trinajstić information content (AvgIpc) is 2.36. The van der Waals surface area contributed by atoms with Crippen LogP contribution in [0.25, 0.3) is 0 Å². The summed E-state index contributed by atoms with van der Waals surface area (Å²) in [6.45, 7) is 7.28. The van der Waals surface area contributed by atoms with Gasteiger partial charge in [0, 0.05) is 25.7 Å². The zero-order chi connectivity index (χ0) is 15.5. The molecule has 0 aliphatic rings. The van der Waals surface area contributed by atoms with E-state index < -0.39 is 0 Å². The van der Waals surface area contributed by atoms with Gasteiger partial charge in [-0.25, -0.2) is 0 Å². The number of hydrogen-bond acceptors (Lipinski definition) is 3. The van der Waals surface area contributed by atoms with Gasteiger partial charge < -0.3 is 5.32 Å². The van der Waals surface area contributed by atoms with Crippen LogP contribution < -0.4 is 5.32 Å². The fourth-order valence-corrected chi connectivity index (χ4v) is 2.06. The molecule has 0 aromatic heterocycles. The van der Waals surface area contributed by atoms with Gasteiger partial charge in [0.2, 0.25) is 5.91 Å². The van der Waals surface area contributed by atoms with Gasteiger partial charge >= 0.3 is 0 Å². The van der Waals surface area contributed by atoms with E-state index >= 15 is 0 Å². The van der Waals surface area contributed by atoms with Crippen LogP contribution >= 0.6 is 0 Å². The first-order valence-corrected chi connectivity index (χ1v) is 7.71. The van der Waals surface area contributed by atoms with Crippen molar-refractivity contribution in [2.24, 2.45) is 5.92 Å². The number of Topliss-reactive ketones (excluding diaryl/α,β-unsaturated/α-hetero) is 2. The minimum Gasteiger partial charge on any atom is -0.347 e. The van der Waals surface area contributed by atoms with Gasteiger partial charge in [0.25, 0.3) is 0 Å². The van der Waals surface area contributed by atoms with E-state index in [-0.39, 0.29) is 29.4 Å². The van der Waals surface area contributed by atoms with Crippen molar-refractivity contribution < 1.29 is 14.4 Å². The Morgan fingerprint density at radius 1 is 0.950 bits per heavy atom. The van der Waals surface area contributed by atoms with E-state index in [9.17, 15) is 14.4 Å². The Hall–Kier alpha value is -1.19. The average molecular weight is 283 g/mol. The van der Waals surface area contributed by atoms with E-state index in [0.29, 0.717) is 25.7 Å². The molecule has 0 aliphatic heterocycles. The van der Waals surface area contributed by atoms with Gasteiger partial charge in [0.1, 0.15) is 5.78 Å². The summed E-state index contributed by atoms with van der Waals surface area (Å²) in [5.41, 5.74) is 0. The molecular formula is C16H29NO3. The summed E-state index contributed by atoms with van der Waals surface area (Å²) in [6.07, 6.45) is 5.20. The lowest BCUT2D eigenvalue weighted by molar-refractivity contribution is -0.127. The molecular weight excluding hydrogens is 254 g/mol. The highest BCUT2D eigenvalue weighted by molar-refractivity contribution is 5.88. The van der Waals surface area contributed by atoms with Crippen molar-refractivity contribution in [1.82, 2.24) is 5.32 Å². The zero-order valence-corrected chi connectivity index (χ0v) is 13.3. The largest absolute Gasteiger partial charge is 0.347 e. The van der Waals surface area contributed by atoms with E-state index in [0.717, 1.165) is 19.3 Å². The summed E-state index contributed by atoms with van der Waals surface area (Å²) < 4.78 is 0. The predicted molar refractivity (Wildman–Crippen MR) is 80.4 cm³/mol. The van der Waals surface area contributed by atoms with E-state index in [2.05, 4.69) is 12.2 Å². The van der Waals surface area contributed by atoms with E-state index in [4.69, 9.17) is 0 Å². The molecule has 0 fully saturated rings. The number of nitrogens with one attached hydrogen (secondary N) is 1. The van der Waals surface area contributed by atoms with Crippen LogP contribution in [0.15, 0.2) is 0 Å². The normalized spacial score (nSPS) is 12.2. The first-order valence-electron chi connectivity index (χ1n) is 7.71. The molecule has 0 saturated carbocycles. The minimum absolute atomic E-state index is 0.0285. The molecule has 20 heavy (non-hydrogen) atoms. The SMILES string of the molecule is CCCCCC(NC(C)=O)C(=O)CCCC(=O)C(C)C. The van der Waals surface area contributed by atoms with Crippen LogP contribution in [-0.4, -0.2) is 23.5 Å². The van der Waals surface area contributed by atoms with Crippen LogP contribution in [0, 0.1) is 5.92 Å². The second-order valence-electron chi connectivity index (χ2n) is 5.69. The molecule has 1 unspecified atom stereocenters. The first-order chi connectivity index (χ1) is 9.38. The maximum atomic E-state index is 12.1. The number of hydrogen-bond donors (Lipinski definition) is 1. The number of unbranched alkanes of at least 4 members (excludes halogenated alkanes) is 2. The van der Waals surface area contributed by atoms with E-state index in [1.54, 1.807) is 0 Å². The molecule has 4 nitrogen and oxygen atoms in total. The molecule has 0 aromatic rings. The van der Waals surface area contributed by atoms with Crippen LogP contribution in [0.5, 0.6) is 0 Å². The van der Waals surface area contributed by atoms with Crippen LogP contribution in [0.2, 0.25) is 0 Å². The molecule has 1 atom stereocenters. The molecule has 0 radical (unpaired) electrons. The van der Waals surface area contributed by atoms with Crippen molar-refractivity contribution >= 4 is 17.5 Å². The maximum absolute atomic E-state index is 12.1. The zero-order valence-electron chi connectivity index (χ0n) is 13.3. The highest BCUT2D eigenvalue weighted by Gasteiger charge is 2.19. The fourth-order valence-electron chi connectivity index (χ4n) is 2.06. The second-order valence-corrected chi connectivity index (χ2v) is 5.69. The molecule has 1 N–H and O–H groups in total. The quantitative estimate of drug-likeness (QED) is 0.593. The Balaban J connectivity index is 4.18. The highest BCUT2D eigenvalue weighted by Crippen LogP contribution is 2.10. The molecule has 1 amide bonds. The number of amides is 1. The van der Waals surface area contributed by atoms with Crippen LogP contribution in [-0.2, 0) is 14.4 Å². The Morgan fingerprint density at radius 2 is 1.55 bits per heavy atom. The predicted octanol–water partition coefficient (Wildman–Crippen LogP) is 3.04. The van der Waals surface area contributed by atoms with Gasteiger partial charge in [-0.3, -0.25) is 14.4 Å². The molecule has 0 aromatic carbocycles. The first kappa shape index (κ1) is 18.8. The third-order valence-electron chi connectivity index (χ3n) is 3.35. The lowest BCUT2D eigenvalue weighted by Gasteiger charge is -2.16. The van der Waals surface area contributed by atoms with Gasteiger partial charge in [0.15, 0.2) is 5.78 Å². The highest BCUT2D eigenvalue weighted by atomic mass is 16.2. The number of rotatable bonds is 11. The standard InChI is InChI=1S/C16H29NO3/c1-5-6-7-9-14(17-13(4)18)16(20)11-8-10-15(19)12(2)3/h12,14H,5-11H2,1-4H3,(H,17,18). The van der Waals surface area contributed by atoms with E-state index in [1.807, 2.05) is 13.8 Å². The van der Waals surface area contributed by atoms with Crippen molar-refractivity contribution in [2.75, 3.05) is 0 Å². The van der Waals surface area contributed by atoms with Crippen LogP contribution in [0.4, 0.5) is 0 Å². The smallest absolute Gasteiger partial charge is 0.217 e. The van der Waals surface area contributed by atoms with Crippen molar-refractivity contribution in [3.05, 3.63) is 0 Å². The Morgan fingerprint density at radius 3 is 2.05 bits per heavy atom. The topological polar surface area (TPSA) is 63.2 Å². The molecule has 0 aliphatic carbocycles. The summed E-state index contributed by atoms with van der Waals surface area (Å²) in [7, 11) is 0. The molecule has 116 valence electrons. The molecule has 0 spiro atoms.